The molecule has 0 radical (unpaired) electrons. The van der Waals surface area contributed by atoms with Crippen molar-refractivity contribution < 1.29 is 5.11 Å². The first-order valence-electron chi connectivity index (χ1n) is 8.55. The van der Waals surface area contributed by atoms with Gasteiger partial charge in [-0.05, 0) is 36.5 Å². The van der Waals surface area contributed by atoms with Gasteiger partial charge in [-0.2, -0.15) is 0 Å². The van der Waals surface area contributed by atoms with Crippen molar-refractivity contribution in [1.29, 1.82) is 0 Å². The lowest BCUT2D eigenvalue weighted by atomic mass is 9.84. The van der Waals surface area contributed by atoms with Crippen molar-refractivity contribution >= 4 is 16.9 Å². The monoisotopic (exact) mass is 336 g/mol. The van der Waals surface area contributed by atoms with E-state index in [2.05, 4.69) is 48.2 Å². The van der Waals surface area contributed by atoms with Crippen molar-refractivity contribution in [2.24, 2.45) is 4.99 Å². The second-order valence-electron chi connectivity index (χ2n) is 7.02. The van der Waals surface area contributed by atoms with Gasteiger partial charge in [0.1, 0.15) is 6.23 Å². The minimum Gasteiger partial charge on any atom is -0.372 e. The van der Waals surface area contributed by atoms with Crippen LogP contribution in [0.1, 0.15) is 36.1 Å². The minimum atomic E-state index is -0.538. The SMILES string of the molecule is C[C@]1(c2ccccc2)SC2=NC3c4ccccc4CCC3N2[C@@H]1O. The van der Waals surface area contributed by atoms with Crippen molar-refractivity contribution in [1.82, 2.24) is 4.90 Å². The van der Waals surface area contributed by atoms with Crippen molar-refractivity contribution in [3.63, 3.8) is 0 Å². The van der Waals surface area contributed by atoms with Crippen LogP contribution in [-0.4, -0.2) is 27.4 Å². The number of aliphatic hydroxyl groups is 1. The molecule has 2 aromatic rings. The van der Waals surface area contributed by atoms with Gasteiger partial charge in [0.15, 0.2) is 5.17 Å². The number of hydrogen-bond donors (Lipinski definition) is 1. The van der Waals surface area contributed by atoms with Crippen LogP contribution in [0.25, 0.3) is 0 Å². The van der Waals surface area contributed by atoms with Crippen LogP contribution in [0.3, 0.4) is 0 Å². The van der Waals surface area contributed by atoms with Gasteiger partial charge in [-0.15, -0.1) is 0 Å². The number of hydrogen-bond acceptors (Lipinski definition) is 4. The van der Waals surface area contributed by atoms with Gasteiger partial charge in [0.2, 0.25) is 0 Å². The summed E-state index contributed by atoms with van der Waals surface area (Å²) >= 11 is 1.71. The fraction of sp³-hybridized carbons (Fsp3) is 0.350. The van der Waals surface area contributed by atoms with Crippen LogP contribution in [0.15, 0.2) is 59.6 Å². The number of benzene rings is 2. The zero-order valence-corrected chi connectivity index (χ0v) is 14.4. The van der Waals surface area contributed by atoms with E-state index in [1.54, 1.807) is 11.8 Å². The number of thioether (sulfide) groups is 1. The average molecular weight is 336 g/mol. The predicted octanol–water partition coefficient (Wildman–Crippen LogP) is 3.69. The molecule has 3 aliphatic rings. The lowest BCUT2D eigenvalue weighted by molar-refractivity contribution is 0.00673. The van der Waals surface area contributed by atoms with Gasteiger partial charge in [-0.3, -0.25) is 4.99 Å². The molecule has 0 bridgehead atoms. The van der Waals surface area contributed by atoms with Gasteiger partial charge in [-0.1, -0.05) is 66.4 Å². The highest BCUT2D eigenvalue weighted by Gasteiger charge is 2.55. The third-order valence-corrected chi connectivity index (χ3v) is 7.05. The maximum atomic E-state index is 11.2. The smallest absolute Gasteiger partial charge is 0.163 e. The molecule has 2 aromatic carbocycles. The molecule has 122 valence electrons. The molecule has 1 fully saturated rings. The Morgan fingerprint density at radius 2 is 1.88 bits per heavy atom. The molecule has 0 aromatic heterocycles. The molecule has 2 heterocycles. The molecule has 1 N–H and O–H groups in total. The summed E-state index contributed by atoms with van der Waals surface area (Å²) in [4.78, 5) is 7.21. The van der Waals surface area contributed by atoms with E-state index in [0.29, 0.717) is 0 Å². The van der Waals surface area contributed by atoms with E-state index in [1.807, 2.05) is 18.2 Å². The summed E-state index contributed by atoms with van der Waals surface area (Å²) in [6.07, 6.45) is 1.58. The Kier molecular flexibility index (Phi) is 3.10. The summed E-state index contributed by atoms with van der Waals surface area (Å²) in [6, 6.07) is 19.4. The fourth-order valence-corrected chi connectivity index (χ4v) is 5.70. The lowest BCUT2D eigenvalue weighted by Crippen LogP contribution is -2.47. The second kappa shape index (κ2) is 5.11. The number of rotatable bonds is 1. The summed E-state index contributed by atoms with van der Waals surface area (Å²) < 4.78 is -0.359. The summed E-state index contributed by atoms with van der Waals surface area (Å²) in [6.45, 7) is 2.13. The van der Waals surface area contributed by atoms with Crippen LogP contribution in [0.5, 0.6) is 0 Å². The molecule has 24 heavy (non-hydrogen) atoms. The molecule has 4 heteroatoms. The first-order chi connectivity index (χ1) is 11.7. The highest BCUT2D eigenvalue weighted by Crippen LogP contribution is 2.54. The van der Waals surface area contributed by atoms with Crippen LogP contribution in [-0.2, 0) is 11.2 Å². The van der Waals surface area contributed by atoms with Crippen molar-refractivity contribution in [3.8, 4) is 0 Å². The largest absolute Gasteiger partial charge is 0.372 e. The normalized spacial score (nSPS) is 33.7. The van der Waals surface area contributed by atoms with Crippen molar-refractivity contribution in [2.75, 3.05) is 0 Å². The van der Waals surface area contributed by atoms with Crippen LogP contribution in [0.2, 0.25) is 0 Å². The molecule has 0 spiro atoms. The topological polar surface area (TPSA) is 35.8 Å². The Labute approximate surface area is 146 Å². The highest BCUT2D eigenvalue weighted by atomic mass is 32.2. The number of nitrogens with zero attached hydrogens (tertiary/aromatic N) is 2. The molecule has 1 aliphatic carbocycles. The third-order valence-electron chi connectivity index (χ3n) is 5.68. The third kappa shape index (κ3) is 1.87. The van der Waals surface area contributed by atoms with E-state index < -0.39 is 6.23 Å². The molecule has 2 unspecified atom stereocenters. The van der Waals surface area contributed by atoms with E-state index in [9.17, 15) is 5.11 Å². The molecule has 2 aliphatic heterocycles. The maximum absolute atomic E-state index is 11.2. The standard InChI is InChI=1S/C20H20N2OS/c1-20(14-8-3-2-4-9-14)18(23)22-16-12-11-13-7-5-6-10-15(13)17(16)21-19(22)24-20/h2-10,16-18,23H,11-12H2,1H3/t16?,17?,18-,20-/m1/s1. The Balaban J connectivity index is 1.55. The Morgan fingerprint density at radius 1 is 1.12 bits per heavy atom. The maximum Gasteiger partial charge on any atom is 0.163 e. The van der Waals surface area contributed by atoms with Crippen LogP contribution in [0.4, 0.5) is 0 Å². The minimum absolute atomic E-state index is 0.174. The molecule has 4 atom stereocenters. The highest BCUT2D eigenvalue weighted by molar-refractivity contribution is 8.15. The molecule has 0 amide bonds. The van der Waals surface area contributed by atoms with Gasteiger partial charge in [0.05, 0.1) is 16.8 Å². The van der Waals surface area contributed by atoms with Crippen LogP contribution >= 0.6 is 11.8 Å². The van der Waals surface area contributed by atoms with Gasteiger partial charge in [0.25, 0.3) is 0 Å². The Hall–Kier alpha value is -1.78. The molecule has 1 saturated heterocycles. The van der Waals surface area contributed by atoms with Crippen LogP contribution < -0.4 is 0 Å². The average Bonchev–Trinajstić information content (AvgIpc) is 3.11. The quantitative estimate of drug-likeness (QED) is 0.863. The van der Waals surface area contributed by atoms with Crippen LogP contribution in [0, 0.1) is 0 Å². The van der Waals surface area contributed by atoms with E-state index >= 15 is 0 Å². The summed E-state index contributed by atoms with van der Waals surface area (Å²) in [5, 5.41) is 12.2. The number of amidine groups is 1. The lowest BCUT2D eigenvalue weighted by Gasteiger charge is -2.37. The zero-order chi connectivity index (χ0) is 16.3. The fourth-order valence-electron chi connectivity index (χ4n) is 4.34. The van der Waals surface area contributed by atoms with Gasteiger partial charge in [0, 0.05) is 0 Å². The Bertz CT molecular complexity index is 821. The van der Waals surface area contributed by atoms with Gasteiger partial charge < -0.3 is 10.0 Å². The molecular weight excluding hydrogens is 316 g/mol. The van der Waals surface area contributed by atoms with Crippen molar-refractivity contribution in [2.45, 2.75) is 42.8 Å². The number of aryl methyl sites for hydroxylation is 1. The van der Waals surface area contributed by atoms with Crippen molar-refractivity contribution in [3.05, 3.63) is 71.3 Å². The zero-order valence-electron chi connectivity index (χ0n) is 13.6. The van der Waals surface area contributed by atoms with Gasteiger partial charge in [-0.25, -0.2) is 0 Å². The number of fused-ring (bicyclic) bond motifs is 5. The van der Waals surface area contributed by atoms with E-state index in [-0.39, 0.29) is 16.8 Å². The summed E-state index contributed by atoms with van der Waals surface area (Å²) in [7, 11) is 0. The number of aliphatic hydroxyl groups excluding tert-OH is 1. The number of aliphatic imine (C=N–C) groups is 1. The second-order valence-corrected chi connectivity index (χ2v) is 8.43. The molecule has 0 saturated carbocycles. The molecule has 5 rings (SSSR count). The van der Waals surface area contributed by atoms with E-state index in [1.165, 1.54) is 11.1 Å². The summed E-state index contributed by atoms with van der Waals surface area (Å²) in [5.41, 5.74) is 3.91. The summed E-state index contributed by atoms with van der Waals surface area (Å²) in [5.74, 6) is 0. The molecular formula is C20H20N2OS. The predicted molar refractivity (Wildman–Crippen MR) is 98.0 cm³/mol. The molecule has 3 nitrogen and oxygen atoms in total. The van der Waals surface area contributed by atoms with E-state index in [0.717, 1.165) is 23.6 Å². The first kappa shape index (κ1) is 14.6. The van der Waals surface area contributed by atoms with E-state index in [4.69, 9.17) is 4.99 Å². The first-order valence-corrected chi connectivity index (χ1v) is 9.37. The Morgan fingerprint density at radius 3 is 2.71 bits per heavy atom. The van der Waals surface area contributed by atoms with Gasteiger partial charge >= 0.3 is 0 Å².